The summed E-state index contributed by atoms with van der Waals surface area (Å²) < 4.78 is 110. The van der Waals surface area contributed by atoms with E-state index in [-0.39, 0.29) is 17.1 Å². The molecule has 0 bridgehead atoms. The Hall–Kier alpha value is -3.13. The van der Waals surface area contributed by atoms with E-state index in [1.54, 1.807) is 0 Å². The summed E-state index contributed by atoms with van der Waals surface area (Å²) in [5, 5.41) is 0. The number of sulfonamides is 1. The first-order valence-corrected chi connectivity index (χ1v) is 11.2. The van der Waals surface area contributed by atoms with E-state index in [9.17, 15) is 34.8 Å². The Balaban J connectivity index is 2.08. The van der Waals surface area contributed by atoms with E-state index in [0.717, 1.165) is 52.8 Å². The van der Waals surface area contributed by atoms with Crippen molar-refractivity contribution in [3.63, 3.8) is 0 Å². The monoisotopic (exact) mass is 570 g/mol. The number of nitrogens with two attached hydrogens (primary N) is 1. The highest BCUT2D eigenvalue weighted by Crippen LogP contribution is 2.38. The predicted octanol–water partition coefficient (Wildman–Crippen LogP) is 6.36. The van der Waals surface area contributed by atoms with Crippen LogP contribution in [0.2, 0.25) is 0 Å². The molecule has 3 aromatic carbocycles. The number of halogens is 7. The van der Waals surface area contributed by atoms with Crippen LogP contribution in [-0.2, 0) is 10.0 Å². The van der Waals surface area contributed by atoms with Crippen LogP contribution in [0.4, 0.5) is 43.4 Å². The molecular formula is C20H13BrF6N2O4S. The predicted molar refractivity (Wildman–Crippen MR) is 114 cm³/mol. The Bertz CT molecular complexity index is 1260. The van der Waals surface area contributed by atoms with Gasteiger partial charge in [0.2, 0.25) is 0 Å². The number of anilines is 3. The molecule has 0 unspecified atom stereocenters. The number of benzene rings is 3. The molecule has 34 heavy (non-hydrogen) atoms. The molecule has 0 aliphatic rings. The maximum Gasteiger partial charge on any atom is 0.573 e. The average Bonchev–Trinajstić information content (AvgIpc) is 2.69. The molecule has 3 aromatic rings. The van der Waals surface area contributed by atoms with E-state index in [2.05, 4.69) is 25.4 Å². The van der Waals surface area contributed by atoms with Crippen molar-refractivity contribution in [1.29, 1.82) is 0 Å². The van der Waals surface area contributed by atoms with Gasteiger partial charge in [0.15, 0.2) is 0 Å². The lowest BCUT2D eigenvalue weighted by atomic mass is 10.2. The van der Waals surface area contributed by atoms with Crippen molar-refractivity contribution in [2.45, 2.75) is 17.6 Å². The Morgan fingerprint density at radius 2 is 1.24 bits per heavy atom. The van der Waals surface area contributed by atoms with Crippen LogP contribution >= 0.6 is 15.9 Å². The summed E-state index contributed by atoms with van der Waals surface area (Å²) in [5.41, 5.74) is 5.81. The summed E-state index contributed by atoms with van der Waals surface area (Å²) in [7, 11) is -4.51. The fraction of sp³-hybridized carbons (Fsp3) is 0.100. The minimum Gasteiger partial charge on any atom is -0.406 e. The Morgan fingerprint density at radius 3 is 1.68 bits per heavy atom. The topological polar surface area (TPSA) is 81.9 Å². The first-order valence-electron chi connectivity index (χ1n) is 8.98. The van der Waals surface area contributed by atoms with Crippen LogP contribution < -0.4 is 19.5 Å². The van der Waals surface area contributed by atoms with Crippen LogP contribution in [0, 0.1) is 0 Å². The quantitative estimate of drug-likeness (QED) is 0.275. The van der Waals surface area contributed by atoms with Gasteiger partial charge in [-0.1, -0.05) is 15.9 Å². The maximum atomic E-state index is 13.5. The minimum atomic E-state index is -4.97. The Kier molecular flexibility index (Phi) is 6.94. The van der Waals surface area contributed by atoms with Crippen LogP contribution in [0.1, 0.15) is 0 Å². The van der Waals surface area contributed by atoms with E-state index < -0.39 is 39.1 Å². The van der Waals surface area contributed by atoms with Crippen molar-refractivity contribution in [2.75, 3.05) is 10.0 Å². The molecule has 0 spiro atoms. The third-order valence-corrected chi connectivity index (χ3v) is 6.36. The molecule has 0 saturated carbocycles. The summed E-state index contributed by atoms with van der Waals surface area (Å²) in [4.78, 5) is -0.431. The molecule has 0 amide bonds. The van der Waals surface area contributed by atoms with Crippen molar-refractivity contribution >= 4 is 43.0 Å². The zero-order valence-corrected chi connectivity index (χ0v) is 19.0. The Morgan fingerprint density at radius 1 is 0.765 bits per heavy atom. The number of hydrogen-bond donors (Lipinski definition) is 1. The Labute approximate surface area is 197 Å². The van der Waals surface area contributed by atoms with Gasteiger partial charge in [-0.15, -0.1) is 26.3 Å². The zero-order valence-electron chi connectivity index (χ0n) is 16.6. The van der Waals surface area contributed by atoms with Crippen molar-refractivity contribution in [3.8, 4) is 11.5 Å². The van der Waals surface area contributed by atoms with Crippen LogP contribution in [0.15, 0.2) is 76.1 Å². The van der Waals surface area contributed by atoms with Crippen molar-refractivity contribution in [3.05, 3.63) is 71.2 Å². The van der Waals surface area contributed by atoms with Crippen molar-refractivity contribution in [2.24, 2.45) is 0 Å². The molecule has 0 fully saturated rings. The molecule has 0 aromatic heterocycles. The lowest BCUT2D eigenvalue weighted by molar-refractivity contribution is -0.275. The SMILES string of the molecule is Nc1cc(Br)ccc1N(c1ccc(OC(F)(F)F)cc1)S(=O)(=O)c1ccc(OC(F)(F)F)cc1. The molecule has 3 rings (SSSR count). The van der Waals surface area contributed by atoms with Gasteiger partial charge in [0.1, 0.15) is 11.5 Å². The highest BCUT2D eigenvalue weighted by Gasteiger charge is 2.33. The number of nitrogen functional groups attached to an aromatic ring is 1. The highest BCUT2D eigenvalue weighted by molar-refractivity contribution is 9.10. The van der Waals surface area contributed by atoms with Crippen LogP contribution in [0.25, 0.3) is 0 Å². The van der Waals surface area contributed by atoms with E-state index in [1.165, 1.54) is 18.2 Å². The van der Waals surface area contributed by atoms with Gasteiger partial charge < -0.3 is 15.2 Å². The first kappa shape index (κ1) is 25.5. The first-order chi connectivity index (χ1) is 15.7. The normalized spacial score (nSPS) is 12.3. The largest absolute Gasteiger partial charge is 0.573 e. The summed E-state index contributed by atoms with van der Waals surface area (Å²) >= 11 is 3.19. The van der Waals surface area contributed by atoms with E-state index >= 15 is 0 Å². The summed E-state index contributed by atoms with van der Waals surface area (Å²) in [6.45, 7) is 0. The lowest BCUT2D eigenvalue weighted by Gasteiger charge is -2.26. The molecular weight excluding hydrogens is 558 g/mol. The lowest BCUT2D eigenvalue weighted by Crippen LogP contribution is -2.27. The highest BCUT2D eigenvalue weighted by atomic mass is 79.9. The van der Waals surface area contributed by atoms with Crippen molar-refractivity contribution in [1.82, 2.24) is 0 Å². The maximum absolute atomic E-state index is 13.5. The molecule has 0 radical (unpaired) electrons. The number of alkyl halides is 6. The molecule has 14 heteroatoms. The molecule has 0 atom stereocenters. The van der Waals surface area contributed by atoms with E-state index in [0.29, 0.717) is 4.47 Å². The molecule has 2 N–H and O–H groups in total. The standard InChI is InChI=1S/C20H13BrF6N2O4S/c21-12-1-10-18(17(28)11-12)29(13-2-4-14(5-3-13)32-19(22,23)24)34(30,31)16-8-6-15(7-9-16)33-20(25,26)27/h1-11H,28H2. The molecule has 0 heterocycles. The third kappa shape index (κ3) is 6.26. The van der Waals surface area contributed by atoms with E-state index in [1.807, 2.05) is 0 Å². The van der Waals surface area contributed by atoms with Crippen LogP contribution in [0.3, 0.4) is 0 Å². The van der Waals surface area contributed by atoms with Gasteiger partial charge in [-0.2, -0.15) is 0 Å². The second-order valence-electron chi connectivity index (χ2n) is 6.53. The number of hydrogen-bond acceptors (Lipinski definition) is 5. The molecule has 6 nitrogen and oxygen atoms in total. The smallest absolute Gasteiger partial charge is 0.406 e. The zero-order chi connectivity index (χ0) is 25.3. The third-order valence-electron chi connectivity index (χ3n) is 4.11. The van der Waals surface area contributed by atoms with Gasteiger partial charge in [-0.05, 0) is 66.7 Å². The minimum absolute atomic E-state index is 0.00871. The van der Waals surface area contributed by atoms with Crippen molar-refractivity contribution < 1.29 is 44.2 Å². The summed E-state index contributed by atoms with van der Waals surface area (Å²) in [6, 6.07) is 11.5. The average molecular weight is 571 g/mol. The second kappa shape index (κ2) is 9.25. The fourth-order valence-electron chi connectivity index (χ4n) is 2.82. The number of ether oxygens (including phenoxy) is 2. The van der Waals surface area contributed by atoms with E-state index in [4.69, 9.17) is 5.73 Å². The molecule has 0 saturated heterocycles. The van der Waals surface area contributed by atoms with Gasteiger partial charge >= 0.3 is 12.7 Å². The molecule has 0 aliphatic heterocycles. The van der Waals surface area contributed by atoms with Gasteiger partial charge in [0.05, 0.1) is 22.0 Å². The molecule has 0 aliphatic carbocycles. The van der Waals surface area contributed by atoms with Gasteiger partial charge in [-0.25, -0.2) is 12.7 Å². The van der Waals surface area contributed by atoms with Gasteiger partial charge in [0, 0.05) is 4.47 Å². The second-order valence-corrected chi connectivity index (χ2v) is 9.24. The summed E-state index contributed by atoms with van der Waals surface area (Å²) in [5.74, 6) is -1.24. The fourth-order valence-corrected chi connectivity index (χ4v) is 4.71. The number of rotatable bonds is 6. The van der Waals surface area contributed by atoms with Gasteiger partial charge in [-0.3, -0.25) is 0 Å². The molecule has 182 valence electrons. The number of nitrogens with zero attached hydrogens (tertiary/aromatic N) is 1. The van der Waals surface area contributed by atoms with Gasteiger partial charge in [0.25, 0.3) is 10.0 Å². The van der Waals surface area contributed by atoms with Crippen LogP contribution in [-0.4, -0.2) is 21.1 Å². The van der Waals surface area contributed by atoms with Crippen LogP contribution in [0.5, 0.6) is 11.5 Å². The summed E-state index contributed by atoms with van der Waals surface area (Å²) in [6.07, 6.45) is -9.93.